The first-order valence-electron chi connectivity index (χ1n) is 6.63. The highest BCUT2D eigenvalue weighted by Crippen LogP contribution is 2.26. The number of rotatable bonds is 9. The molecular weight excluding hydrogens is 310 g/mol. The van der Waals surface area contributed by atoms with Crippen LogP contribution >= 0.6 is 15.9 Å². The van der Waals surface area contributed by atoms with Crippen LogP contribution in [0.4, 0.5) is 0 Å². The van der Waals surface area contributed by atoms with Crippen molar-refractivity contribution in [3.05, 3.63) is 28.2 Å². The van der Waals surface area contributed by atoms with Gasteiger partial charge in [-0.25, -0.2) is 0 Å². The van der Waals surface area contributed by atoms with Gasteiger partial charge in [-0.05, 0) is 46.5 Å². The van der Waals surface area contributed by atoms with Gasteiger partial charge in [-0.1, -0.05) is 6.07 Å². The zero-order valence-electron chi connectivity index (χ0n) is 10.9. The van der Waals surface area contributed by atoms with Crippen LogP contribution in [0.25, 0.3) is 0 Å². The molecule has 5 heteroatoms. The molecule has 2 N–H and O–H groups in total. The summed E-state index contributed by atoms with van der Waals surface area (Å²) in [5, 5.41) is 12.1. The van der Waals surface area contributed by atoms with Crippen LogP contribution in [0.3, 0.4) is 0 Å². The van der Waals surface area contributed by atoms with Gasteiger partial charge < -0.3 is 19.9 Å². The Morgan fingerprint density at radius 3 is 2.79 bits per heavy atom. The SMILES string of the molecule is OCCOCCOc1ccc(CNC2CC2)cc1Br. The van der Waals surface area contributed by atoms with Crippen LogP contribution in [-0.4, -0.2) is 37.6 Å². The maximum absolute atomic E-state index is 8.57. The second-order valence-electron chi connectivity index (χ2n) is 4.60. The third-order valence-corrected chi connectivity index (χ3v) is 3.51. The molecule has 1 aromatic rings. The van der Waals surface area contributed by atoms with E-state index in [2.05, 4.69) is 33.4 Å². The molecule has 0 radical (unpaired) electrons. The summed E-state index contributed by atoms with van der Waals surface area (Å²) in [4.78, 5) is 0. The molecule has 19 heavy (non-hydrogen) atoms. The van der Waals surface area contributed by atoms with Crippen LogP contribution in [0.5, 0.6) is 5.75 Å². The Balaban J connectivity index is 1.73. The molecule has 0 aromatic heterocycles. The van der Waals surface area contributed by atoms with Crippen LogP contribution in [-0.2, 0) is 11.3 Å². The highest BCUT2D eigenvalue weighted by Gasteiger charge is 2.19. The maximum Gasteiger partial charge on any atom is 0.133 e. The van der Waals surface area contributed by atoms with Crippen molar-refractivity contribution in [3.8, 4) is 5.75 Å². The minimum absolute atomic E-state index is 0.0480. The van der Waals surface area contributed by atoms with E-state index >= 15 is 0 Å². The predicted octanol–water partition coefficient (Wildman–Crippen LogP) is 2.09. The summed E-state index contributed by atoms with van der Waals surface area (Å²) in [6, 6.07) is 6.85. The fourth-order valence-electron chi connectivity index (χ4n) is 1.70. The minimum Gasteiger partial charge on any atom is -0.490 e. The molecule has 1 aliphatic carbocycles. The smallest absolute Gasteiger partial charge is 0.133 e. The predicted molar refractivity (Wildman–Crippen MR) is 77.4 cm³/mol. The quantitative estimate of drug-likeness (QED) is 0.681. The highest BCUT2D eigenvalue weighted by atomic mass is 79.9. The molecule has 1 fully saturated rings. The van der Waals surface area contributed by atoms with Gasteiger partial charge in [-0.2, -0.15) is 0 Å². The van der Waals surface area contributed by atoms with E-state index in [1.807, 2.05) is 6.07 Å². The Kier molecular flexibility index (Phi) is 6.10. The first kappa shape index (κ1) is 14.8. The standard InChI is InChI=1S/C14H20BrNO3/c15-13-9-11(10-16-12-2-3-12)1-4-14(13)19-8-7-18-6-5-17/h1,4,9,12,16-17H,2-3,5-8,10H2. The Labute approximate surface area is 122 Å². The van der Waals surface area contributed by atoms with Gasteiger partial charge in [0.1, 0.15) is 12.4 Å². The lowest BCUT2D eigenvalue weighted by Crippen LogP contribution is -2.15. The lowest BCUT2D eigenvalue weighted by Gasteiger charge is -2.10. The minimum atomic E-state index is 0.0480. The van der Waals surface area contributed by atoms with Gasteiger partial charge in [0.15, 0.2) is 0 Å². The Morgan fingerprint density at radius 2 is 2.11 bits per heavy atom. The van der Waals surface area contributed by atoms with E-state index in [-0.39, 0.29) is 6.61 Å². The molecule has 0 heterocycles. The Hall–Kier alpha value is -0.620. The van der Waals surface area contributed by atoms with Crippen LogP contribution in [0.2, 0.25) is 0 Å². The number of hydrogen-bond acceptors (Lipinski definition) is 4. The molecule has 1 aliphatic rings. The van der Waals surface area contributed by atoms with E-state index in [0.717, 1.165) is 22.8 Å². The molecule has 2 rings (SSSR count). The molecule has 0 saturated heterocycles. The number of ether oxygens (including phenoxy) is 2. The Morgan fingerprint density at radius 1 is 1.26 bits per heavy atom. The molecule has 0 amide bonds. The molecule has 0 atom stereocenters. The van der Waals surface area contributed by atoms with E-state index in [0.29, 0.717) is 19.8 Å². The third-order valence-electron chi connectivity index (χ3n) is 2.89. The fourth-order valence-corrected chi connectivity index (χ4v) is 2.24. The van der Waals surface area contributed by atoms with Crippen LogP contribution in [0.1, 0.15) is 18.4 Å². The molecule has 0 spiro atoms. The summed E-state index contributed by atoms with van der Waals surface area (Å²) in [6.07, 6.45) is 2.60. The number of nitrogens with one attached hydrogen (secondary N) is 1. The summed E-state index contributed by atoms with van der Waals surface area (Å²) in [5.41, 5.74) is 1.25. The zero-order valence-corrected chi connectivity index (χ0v) is 12.5. The molecule has 0 aliphatic heterocycles. The van der Waals surface area contributed by atoms with Gasteiger partial charge in [-0.3, -0.25) is 0 Å². The van der Waals surface area contributed by atoms with Crippen LogP contribution in [0.15, 0.2) is 22.7 Å². The van der Waals surface area contributed by atoms with Crippen molar-refractivity contribution >= 4 is 15.9 Å². The molecule has 106 valence electrons. The van der Waals surface area contributed by atoms with Crippen molar-refractivity contribution in [2.24, 2.45) is 0 Å². The first-order valence-corrected chi connectivity index (χ1v) is 7.42. The summed E-state index contributed by atoms with van der Waals surface area (Å²) >= 11 is 3.52. The molecule has 1 saturated carbocycles. The lowest BCUT2D eigenvalue weighted by atomic mass is 10.2. The average Bonchev–Trinajstić information content (AvgIpc) is 3.22. The van der Waals surface area contributed by atoms with Crippen molar-refractivity contribution in [1.29, 1.82) is 0 Å². The van der Waals surface area contributed by atoms with Gasteiger partial charge in [0.25, 0.3) is 0 Å². The van der Waals surface area contributed by atoms with Gasteiger partial charge in [0, 0.05) is 12.6 Å². The average molecular weight is 330 g/mol. The maximum atomic E-state index is 8.57. The molecule has 1 aromatic carbocycles. The second kappa shape index (κ2) is 7.85. The monoisotopic (exact) mass is 329 g/mol. The normalized spacial score (nSPS) is 14.6. The van der Waals surface area contributed by atoms with E-state index in [4.69, 9.17) is 14.6 Å². The van der Waals surface area contributed by atoms with E-state index in [1.165, 1.54) is 18.4 Å². The van der Waals surface area contributed by atoms with Crippen LogP contribution in [0, 0.1) is 0 Å². The number of aliphatic hydroxyl groups excluding tert-OH is 1. The number of hydrogen-bond donors (Lipinski definition) is 2. The highest BCUT2D eigenvalue weighted by molar-refractivity contribution is 9.10. The molecule has 4 nitrogen and oxygen atoms in total. The fraction of sp³-hybridized carbons (Fsp3) is 0.571. The van der Waals surface area contributed by atoms with Gasteiger partial charge in [0.05, 0.1) is 24.3 Å². The molecule has 0 unspecified atom stereocenters. The van der Waals surface area contributed by atoms with E-state index in [1.54, 1.807) is 0 Å². The summed E-state index contributed by atoms with van der Waals surface area (Å²) in [6.45, 7) is 2.28. The van der Waals surface area contributed by atoms with Crippen molar-refractivity contribution in [2.75, 3.05) is 26.4 Å². The number of halogens is 1. The van der Waals surface area contributed by atoms with Gasteiger partial charge in [-0.15, -0.1) is 0 Å². The Bertz CT molecular complexity index is 396. The lowest BCUT2D eigenvalue weighted by molar-refractivity contribution is 0.0703. The van der Waals surface area contributed by atoms with Gasteiger partial charge in [0.2, 0.25) is 0 Å². The number of aliphatic hydroxyl groups is 1. The van der Waals surface area contributed by atoms with Crippen molar-refractivity contribution in [2.45, 2.75) is 25.4 Å². The molecule has 0 bridgehead atoms. The topological polar surface area (TPSA) is 50.7 Å². The van der Waals surface area contributed by atoms with Crippen molar-refractivity contribution in [1.82, 2.24) is 5.32 Å². The summed E-state index contributed by atoms with van der Waals surface area (Å²) < 4.78 is 11.7. The van der Waals surface area contributed by atoms with E-state index < -0.39 is 0 Å². The molecular formula is C14H20BrNO3. The van der Waals surface area contributed by atoms with Crippen molar-refractivity contribution in [3.63, 3.8) is 0 Å². The zero-order chi connectivity index (χ0) is 13.5. The van der Waals surface area contributed by atoms with Gasteiger partial charge >= 0.3 is 0 Å². The summed E-state index contributed by atoms with van der Waals surface area (Å²) in [5.74, 6) is 0.822. The number of benzene rings is 1. The first-order chi connectivity index (χ1) is 9.29. The van der Waals surface area contributed by atoms with Crippen molar-refractivity contribution < 1.29 is 14.6 Å². The largest absolute Gasteiger partial charge is 0.490 e. The second-order valence-corrected chi connectivity index (χ2v) is 5.46. The third kappa shape index (κ3) is 5.48. The van der Waals surface area contributed by atoms with Crippen LogP contribution < -0.4 is 10.1 Å². The van der Waals surface area contributed by atoms with E-state index in [9.17, 15) is 0 Å². The summed E-state index contributed by atoms with van der Waals surface area (Å²) in [7, 11) is 0.